The van der Waals surface area contributed by atoms with Gasteiger partial charge in [0.1, 0.15) is 0 Å². The van der Waals surface area contributed by atoms with Gasteiger partial charge < -0.3 is 4.57 Å². The number of hydrogen-bond donors (Lipinski definition) is 0. The van der Waals surface area contributed by atoms with Crippen molar-refractivity contribution in [1.29, 1.82) is 0 Å². The second-order valence-corrected chi connectivity index (χ2v) is 7.91. The summed E-state index contributed by atoms with van der Waals surface area (Å²) in [5, 5.41) is 0. The van der Waals surface area contributed by atoms with E-state index in [2.05, 4.69) is 34.2 Å². The number of aliphatic imine (C=N–C) groups is 1. The van der Waals surface area contributed by atoms with Gasteiger partial charge in [-0.3, -0.25) is 19.8 Å². The minimum Gasteiger partial charge on any atom is -0.311 e. The Balaban J connectivity index is 1.47. The third-order valence-electron chi connectivity index (χ3n) is 5.59. The molecule has 5 heteroatoms. The first-order chi connectivity index (χ1) is 15.1. The van der Waals surface area contributed by atoms with Gasteiger partial charge in [0.15, 0.2) is 0 Å². The van der Waals surface area contributed by atoms with E-state index in [-0.39, 0.29) is 5.56 Å². The van der Waals surface area contributed by atoms with Crippen LogP contribution in [0.25, 0.3) is 11.1 Å². The Bertz CT molecular complexity index is 1380. The molecule has 5 nitrogen and oxygen atoms in total. The lowest BCUT2D eigenvalue weighted by Gasteiger charge is -2.10. The molecule has 0 saturated heterocycles. The van der Waals surface area contributed by atoms with Crippen LogP contribution in [0.3, 0.4) is 0 Å². The molecule has 0 fully saturated rings. The number of aromatic nitrogens is 3. The highest BCUT2D eigenvalue weighted by atomic mass is 16.1. The second-order valence-electron chi connectivity index (χ2n) is 7.91. The van der Waals surface area contributed by atoms with Gasteiger partial charge >= 0.3 is 0 Å². The molecule has 0 atom stereocenters. The molecule has 3 aromatic heterocycles. The van der Waals surface area contributed by atoms with Crippen LogP contribution in [0.2, 0.25) is 0 Å². The zero-order valence-corrected chi connectivity index (χ0v) is 17.5. The summed E-state index contributed by atoms with van der Waals surface area (Å²) in [6.07, 6.45) is 5.46. The molecule has 5 rings (SSSR count). The van der Waals surface area contributed by atoms with Gasteiger partial charge in [-0.25, -0.2) is 0 Å². The predicted molar refractivity (Wildman–Crippen MR) is 123 cm³/mol. The molecule has 0 bridgehead atoms. The molecule has 152 valence electrons. The zero-order valence-electron chi connectivity index (χ0n) is 17.5. The number of benzene rings is 1. The Hall–Kier alpha value is -3.86. The third kappa shape index (κ3) is 3.82. The first-order valence-corrected chi connectivity index (χ1v) is 10.3. The van der Waals surface area contributed by atoms with Gasteiger partial charge in [-0.2, -0.15) is 0 Å². The summed E-state index contributed by atoms with van der Waals surface area (Å²) in [6, 6.07) is 18.0. The van der Waals surface area contributed by atoms with Crippen molar-refractivity contribution in [2.24, 2.45) is 4.99 Å². The molecule has 0 saturated carbocycles. The SMILES string of the molecule is Cc1cc(Cn2ccc(-c3ccc4c(c3)C(c3ccnc(C)c3)=NC4)cc2=O)ccn1. The highest BCUT2D eigenvalue weighted by Gasteiger charge is 2.18. The lowest BCUT2D eigenvalue weighted by molar-refractivity contribution is 0.758. The normalized spacial score (nSPS) is 12.5. The topological polar surface area (TPSA) is 60.1 Å². The molecule has 4 heterocycles. The Morgan fingerprint density at radius 3 is 2.39 bits per heavy atom. The standard InChI is InChI=1S/C26H22N4O/c1-17-11-19(5-8-27-17)16-30-10-7-21(14-25(30)31)20-3-4-23-15-29-26(24(23)13-20)22-6-9-28-18(2)12-22/h3-14H,15-16H2,1-2H3. The molecule has 31 heavy (non-hydrogen) atoms. The van der Waals surface area contributed by atoms with E-state index in [0.717, 1.165) is 44.9 Å². The highest BCUT2D eigenvalue weighted by molar-refractivity contribution is 6.15. The van der Waals surface area contributed by atoms with Crippen molar-refractivity contribution in [3.8, 4) is 11.1 Å². The van der Waals surface area contributed by atoms with Crippen molar-refractivity contribution in [3.05, 3.63) is 117 Å². The number of hydrogen-bond acceptors (Lipinski definition) is 4. The molecule has 0 spiro atoms. The summed E-state index contributed by atoms with van der Waals surface area (Å²) in [7, 11) is 0. The van der Waals surface area contributed by atoms with Crippen molar-refractivity contribution in [2.75, 3.05) is 0 Å². The average Bonchev–Trinajstić information content (AvgIpc) is 3.18. The van der Waals surface area contributed by atoms with Gasteiger partial charge in [-0.15, -0.1) is 0 Å². The van der Waals surface area contributed by atoms with Crippen molar-refractivity contribution in [3.63, 3.8) is 0 Å². The fraction of sp³-hybridized carbons (Fsp3) is 0.154. The van der Waals surface area contributed by atoms with Gasteiger partial charge in [-0.05, 0) is 72.5 Å². The molecular formula is C26H22N4O. The molecule has 1 aliphatic rings. The van der Waals surface area contributed by atoms with E-state index in [1.807, 2.05) is 50.5 Å². The predicted octanol–water partition coefficient (Wildman–Crippen LogP) is 4.32. The third-order valence-corrected chi connectivity index (χ3v) is 5.59. The molecular weight excluding hydrogens is 384 g/mol. The van der Waals surface area contributed by atoms with Crippen LogP contribution < -0.4 is 5.56 Å². The van der Waals surface area contributed by atoms with Crippen LogP contribution in [0.1, 0.15) is 33.6 Å². The van der Waals surface area contributed by atoms with Gasteiger partial charge in [0, 0.05) is 47.2 Å². The molecule has 0 N–H and O–H groups in total. The van der Waals surface area contributed by atoms with Crippen LogP contribution >= 0.6 is 0 Å². The maximum absolute atomic E-state index is 12.8. The second kappa shape index (κ2) is 7.76. The smallest absolute Gasteiger partial charge is 0.251 e. The summed E-state index contributed by atoms with van der Waals surface area (Å²) in [6.45, 7) is 5.15. The molecule has 0 unspecified atom stereocenters. The van der Waals surface area contributed by atoms with E-state index in [9.17, 15) is 4.79 Å². The largest absolute Gasteiger partial charge is 0.311 e. The van der Waals surface area contributed by atoms with E-state index in [0.29, 0.717) is 13.1 Å². The van der Waals surface area contributed by atoms with Crippen molar-refractivity contribution in [1.82, 2.24) is 14.5 Å². The van der Waals surface area contributed by atoms with E-state index < -0.39 is 0 Å². The van der Waals surface area contributed by atoms with Gasteiger partial charge in [0.2, 0.25) is 0 Å². The Labute approximate surface area is 180 Å². The molecule has 0 aliphatic carbocycles. The minimum absolute atomic E-state index is 0.0221. The molecule has 0 amide bonds. The van der Waals surface area contributed by atoms with Gasteiger partial charge in [0.05, 0.1) is 18.8 Å². The summed E-state index contributed by atoms with van der Waals surface area (Å²) in [5.74, 6) is 0. The van der Waals surface area contributed by atoms with Gasteiger partial charge in [-0.1, -0.05) is 12.1 Å². The summed E-state index contributed by atoms with van der Waals surface area (Å²) < 4.78 is 1.72. The summed E-state index contributed by atoms with van der Waals surface area (Å²) in [5.41, 5.74) is 9.28. The number of fused-ring (bicyclic) bond motifs is 1. The first kappa shape index (κ1) is 19.1. The fourth-order valence-corrected chi connectivity index (χ4v) is 4.02. The van der Waals surface area contributed by atoms with Crippen LogP contribution in [0, 0.1) is 13.8 Å². The molecule has 1 aliphatic heterocycles. The summed E-state index contributed by atoms with van der Waals surface area (Å²) >= 11 is 0. The first-order valence-electron chi connectivity index (χ1n) is 10.3. The lowest BCUT2D eigenvalue weighted by atomic mass is 9.96. The maximum atomic E-state index is 12.8. The minimum atomic E-state index is -0.0221. The van der Waals surface area contributed by atoms with E-state index >= 15 is 0 Å². The van der Waals surface area contributed by atoms with Crippen molar-refractivity contribution in [2.45, 2.75) is 26.9 Å². The van der Waals surface area contributed by atoms with E-state index in [1.165, 1.54) is 5.56 Å². The van der Waals surface area contributed by atoms with Crippen LogP contribution in [0.5, 0.6) is 0 Å². The quantitative estimate of drug-likeness (QED) is 0.507. The molecule has 1 aromatic carbocycles. The average molecular weight is 406 g/mol. The Kier molecular flexibility index (Phi) is 4.79. The van der Waals surface area contributed by atoms with Crippen molar-refractivity contribution >= 4 is 5.71 Å². The Morgan fingerprint density at radius 1 is 0.839 bits per heavy atom. The van der Waals surface area contributed by atoms with Crippen LogP contribution in [0.4, 0.5) is 0 Å². The maximum Gasteiger partial charge on any atom is 0.251 e. The number of pyridine rings is 3. The number of rotatable bonds is 4. The van der Waals surface area contributed by atoms with Crippen LogP contribution in [-0.4, -0.2) is 20.2 Å². The van der Waals surface area contributed by atoms with E-state index in [4.69, 9.17) is 4.99 Å². The highest BCUT2D eigenvalue weighted by Crippen LogP contribution is 2.28. The Morgan fingerprint density at radius 2 is 1.61 bits per heavy atom. The molecule has 4 aromatic rings. The van der Waals surface area contributed by atoms with Gasteiger partial charge in [0.25, 0.3) is 5.56 Å². The monoisotopic (exact) mass is 406 g/mol. The lowest BCUT2D eigenvalue weighted by Crippen LogP contribution is -2.19. The number of nitrogens with zero attached hydrogens (tertiary/aromatic N) is 4. The summed E-state index contributed by atoms with van der Waals surface area (Å²) in [4.78, 5) is 26.0. The number of aryl methyl sites for hydroxylation is 2. The van der Waals surface area contributed by atoms with Crippen LogP contribution in [-0.2, 0) is 13.1 Å². The molecule has 0 radical (unpaired) electrons. The zero-order chi connectivity index (χ0) is 21.4. The fourth-order valence-electron chi connectivity index (χ4n) is 4.02. The van der Waals surface area contributed by atoms with Crippen molar-refractivity contribution < 1.29 is 0 Å². The van der Waals surface area contributed by atoms with Crippen LogP contribution in [0.15, 0.2) is 83.0 Å². The van der Waals surface area contributed by atoms with E-state index in [1.54, 1.807) is 16.8 Å².